The Labute approximate surface area is 224 Å². The van der Waals surface area contributed by atoms with Crippen LogP contribution in [0.1, 0.15) is 12.6 Å². The Morgan fingerprint density at radius 3 is 2.33 bits per heavy atom. The Balaban J connectivity index is 1.52. The van der Waals surface area contributed by atoms with E-state index >= 15 is 0 Å². The van der Waals surface area contributed by atoms with Crippen molar-refractivity contribution in [2.24, 2.45) is 7.05 Å². The zero-order valence-corrected chi connectivity index (χ0v) is 22.7. The third-order valence-electron chi connectivity index (χ3n) is 6.11. The van der Waals surface area contributed by atoms with E-state index in [2.05, 4.69) is 30.4 Å². The van der Waals surface area contributed by atoms with Gasteiger partial charge < -0.3 is 28.6 Å². The number of nitrogens with one attached hydrogen (secondary N) is 3. The van der Waals surface area contributed by atoms with Crippen LogP contribution >= 0.6 is 0 Å². The maximum atomic E-state index is 13.6. The monoisotopic (exact) mass is 553 g/mol. The molecule has 2 aromatic carbocycles. The van der Waals surface area contributed by atoms with Crippen molar-refractivity contribution in [3.8, 4) is 28.6 Å². The first-order valence-electron chi connectivity index (χ1n) is 11.8. The second-order valence-corrected chi connectivity index (χ2v) is 10.1. The number of anilines is 3. The summed E-state index contributed by atoms with van der Waals surface area (Å²) in [5, 5.41) is 14.7. The summed E-state index contributed by atoms with van der Waals surface area (Å²) >= 11 is 0. The Bertz CT molecular complexity index is 1730. The summed E-state index contributed by atoms with van der Waals surface area (Å²) in [6.45, 7) is 2.01. The van der Waals surface area contributed by atoms with Gasteiger partial charge in [-0.3, -0.25) is 9.82 Å². The Kier molecular flexibility index (Phi) is 6.78. The molecule has 204 valence electrons. The van der Waals surface area contributed by atoms with Crippen molar-refractivity contribution in [2.75, 3.05) is 31.4 Å². The predicted octanol–water partition coefficient (Wildman–Crippen LogP) is 4.08. The number of fused-ring (bicyclic) bond motifs is 1. The first kappa shape index (κ1) is 25.9. The van der Waals surface area contributed by atoms with Crippen molar-refractivity contribution in [1.82, 2.24) is 24.9 Å². The topological polar surface area (TPSA) is 158 Å². The summed E-state index contributed by atoms with van der Waals surface area (Å²) in [6, 6.07) is 8.32. The van der Waals surface area contributed by atoms with Crippen molar-refractivity contribution < 1.29 is 27.2 Å². The van der Waals surface area contributed by atoms with Crippen LogP contribution in [0.2, 0.25) is 0 Å². The van der Waals surface area contributed by atoms with Gasteiger partial charge in [0.15, 0.2) is 22.1 Å². The normalized spacial score (nSPS) is 11.5. The first-order valence-corrected chi connectivity index (χ1v) is 13.3. The zero-order chi connectivity index (χ0) is 27.7. The van der Waals surface area contributed by atoms with Crippen molar-refractivity contribution in [1.29, 1.82) is 0 Å². The maximum Gasteiger partial charge on any atom is 0.270 e. The van der Waals surface area contributed by atoms with Crippen LogP contribution in [0.15, 0.2) is 52.1 Å². The average Bonchev–Trinajstić information content (AvgIpc) is 3.67. The summed E-state index contributed by atoms with van der Waals surface area (Å²) in [6.07, 6.45) is 4.23. The molecule has 0 aliphatic heterocycles. The van der Waals surface area contributed by atoms with Gasteiger partial charge >= 0.3 is 0 Å². The summed E-state index contributed by atoms with van der Waals surface area (Å²) in [7, 11) is 1.84. The molecule has 13 nitrogen and oxygen atoms in total. The van der Waals surface area contributed by atoms with E-state index in [1.165, 1.54) is 21.3 Å². The van der Waals surface area contributed by atoms with Crippen molar-refractivity contribution >= 4 is 38.3 Å². The number of nitrogens with zero attached hydrogens (tertiary/aromatic N) is 4. The van der Waals surface area contributed by atoms with E-state index < -0.39 is 10.0 Å². The summed E-state index contributed by atoms with van der Waals surface area (Å²) in [4.78, 5) is 4.12. The molecule has 0 spiro atoms. The number of rotatable bonds is 10. The minimum absolute atomic E-state index is 0.0276. The molecule has 3 heterocycles. The second-order valence-electron chi connectivity index (χ2n) is 8.51. The second kappa shape index (κ2) is 10.2. The van der Waals surface area contributed by atoms with Gasteiger partial charge in [0.2, 0.25) is 0 Å². The molecule has 0 saturated heterocycles. The van der Waals surface area contributed by atoms with Crippen molar-refractivity contribution in [3.63, 3.8) is 0 Å². The molecule has 0 amide bonds. The summed E-state index contributed by atoms with van der Waals surface area (Å²) in [5.74, 6) is 1.76. The fourth-order valence-corrected chi connectivity index (χ4v) is 5.46. The van der Waals surface area contributed by atoms with Crippen LogP contribution in [-0.4, -0.2) is 54.7 Å². The van der Waals surface area contributed by atoms with Gasteiger partial charge in [-0.05, 0) is 24.6 Å². The van der Waals surface area contributed by atoms with Crippen LogP contribution in [0.3, 0.4) is 0 Å². The number of sulfonamides is 1. The Hall–Kier alpha value is -4.72. The number of H-pyrrole nitrogens is 1. The number of hydrogen-bond acceptors (Lipinski definition) is 10. The predicted molar refractivity (Wildman–Crippen MR) is 144 cm³/mol. The number of methoxy groups -OCH3 is 3. The molecule has 0 aliphatic rings. The minimum Gasteiger partial charge on any atom is -0.495 e. The van der Waals surface area contributed by atoms with E-state index in [1.54, 1.807) is 41.2 Å². The number of ether oxygens (including phenoxy) is 3. The molecule has 0 saturated carbocycles. The number of aromatic nitrogens is 5. The number of benzene rings is 2. The smallest absolute Gasteiger partial charge is 0.270 e. The minimum atomic E-state index is -4.25. The van der Waals surface area contributed by atoms with Gasteiger partial charge in [0.1, 0.15) is 23.1 Å². The number of imidazole rings is 1. The molecule has 0 bridgehead atoms. The van der Waals surface area contributed by atoms with Gasteiger partial charge in [-0.25, -0.2) is 13.4 Å². The average molecular weight is 554 g/mol. The highest BCUT2D eigenvalue weighted by Crippen LogP contribution is 2.40. The zero-order valence-electron chi connectivity index (χ0n) is 21.9. The van der Waals surface area contributed by atoms with E-state index in [0.29, 0.717) is 39.6 Å². The standard InChI is InChI=1S/C25H27N7O6S/c1-6-15-11-22(29-28-15)27-17-13-18-16(12-19(17)35-3)24(30-38-18)31-39(33,34)23-20(36-4)9-14(10-21(23)37-5)25-26-7-8-32(25)2/h7-13H,6H2,1-5H3,(H,30,31)(H2,27,28,29). The van der Waals surface area contributed by atoms with Gasteiger partial charge in [-0.15, -0.1) is 0 Å². The van der Waals surface area contributed by atoms with Gasteiger partial charge in [-0.1, -0.05) is 12.1 Å². The highest BCUT2D eigenvalue weighted by atomic mass is 32.2. The van der Waals surface area contributed by atoms with Crippen molar-refractivity contribution in [2.45, 2.75) is 18.2 Å². The van der Waals surface area contributed by atoms with Crippen LogP contribution < -0.4 is 24.2 Å². The first-order chi connectivity index (χ1) is 18.8. The Morgan fingerprint density at radius 2 is 1.74 bits per heavy atom. The molecule has 5 rings (SSSR count). The summed E-state index contributed by atoms with van der Waals surface area (Å²) < 4.78 is 53.5. The van der Waals surface area contributed by atoms with Gasteiger partial charge in [0.25, 0.3) is 10.0 Å². The number of hydrogen-bond donors (Lipinski definition) is 3. The van der Waals surface area contributed by atoms with Crippen LogP contribution in [0.4, 0.5) is 17.3 Å². The molecule has 0 fully saturated rings. The van der Waals surface area contributed by atoms with E-state index in [-0.39, 0.29) is 22.2 Å². The van der Waals surface area contributed by atoms with Crippen LogP contribution in [-0.2, 0) is 23.5 Å². The highest BCUT2D eigenvalue weighted by molar-refractivity contribution is 7.93. The van der Waals surface area contributed by atoms with E-state index in [0.717, 1.165) is 12.1 Å². The van der Waals surface area contributed by atoms with Crippen LogP contribution in [0.5, 0.6) is 17.2 Å². The molecular formula is C25H27N7O6S. The molecule has 0 atom stereocenters. The molecule has 3 N–H and O–H groups in total. The largest absolute Gasteiger partial charge is 0.495 e. The van der Waals surface area contributed by atoms with Gasteiger partial charge in [0.05, 0.1) is 32.4 Å². The van der Waals surface area contributed by atoms with Gasteiger partial charge in [0, 0.05) is 42.8 Å². The fourth-order valence-electron chi connectivity index (χ4n) is 4.15. The fraction of sp³-hybridized carbons (Fsp3) is 0.240. The SMILES string of the molecule is CCc1cc(Nc2cc3onc(NS(=O)(=O)c4c(OC)cc(-c5nccn5C)cc4OC)c3cc2OC)n[nH]1. The lowest BCUT2D eigenvalue weighted by Crippen LogP contribution is -2.16. The number of aryl methyl sites for hydroxylation is 2. The Morgan fingerprint density at radius 1 is 1.03 bits per heavy atom. The molecule has 0 aliphatic carbocycles. The maximum absolute atomic E-state index is 13.6. The quantitative estimate of drug-likeness (QED) is 0.230. The van der Waals surface area contributed by atoms with E-state index in [9.17, 15) is 8.42 Å². The number of aromatic amines is 1. The molecule has 39 heavy (non-hydrogen) atoms. The van der Waals surface area contributed by atoms with Crippen LogP contribution in [0.25, 0.3) is 22.4 Å². The van der Waals surface area contributed by atoms with E-state index in [1.807, 2.05) is 20.0 Å². The molecule has 5 aromatic rings. The van der Waals surface area contributed by atoms with Gasteiger partial charge in [-0.2, -0.15) is 5.10 Å². The third kappa shape index (κ3) is 4.81. The molecular weight excluding hydrogens is 526 g/mol. The lowest BCUT2D eigenvalue weighted by atomic mass is 10.2. The molecule has 0 radical (unpaired) electrons. The summed E-state index contributed by atoms with van der Waals surface area (Å²) in [5.41, 5.74) is 2.48. The van der Waals surface area contributed by atoms with Crippen molar-refractivity contribution in [3.05, 3.63) is 48.4 Å². The van der Waals surface area contributed by atoms with E-state index in [4.69, 9.17) is 18.7 Å². The highest BCUT2D eigenvalue weighted by Gasteiger charge is 2.29. The lowest BCUT2D eigenvalue weighted by molar-refractivity contribution is 0.374. The van der Waals surface area contributed by atoms with Crippen LogP contribution in [0, 0.1) is 0 Å². The molecule has 14 heteroatoms. The lowest BCUT2D eigenvalue weighted by Gasteiger charge is -2.16. The third-order valence-corrected chi connectivity index (χ3v) is 7.51. The molecule has 3 aromatic heterocycles. The molecule has 0 unspecified atom stereocenters.